The molecule has 5 rings (SSSR count). The number of hydrogen-bond donors (Lipinski definition) is 2. The van der Waals surface area contributed by atoms with E-state index in [1.807, 2.05) is 0 Å². The van der Waals surface area contributed by atoms with Crippen molar-refractivity contribution in [2.45, 2.75) is 43.6 Å². The summed E-state index contributed by atoms with van der Waals surface area (Å²) >= 11 is 0. The first-order valence-corrected chi connectivity index (χ1v) is 11.8. The summed E-state index contributed by atoms with van der Waals surface area (Å²) in [6.45, 7) is 1.06. The highest BCUT2D eigenvalue weighted by molar-refractivity contribution is 5.97. The smallest absolute Gasteiger partial charge is 0.237 e. The predicted molar refractivity (Wildman–Crippen MR) is 123 cm³/mol. The average Bonchev–Trinajstić information content (AvgIpc) is 3.54. The first kappa shape index (κ1) is 23.2. The summed E-state index contributed by atoms with van der Waals surface area (Å²) in [4.78, 5) is 14.3. The van der Waals surface area contributed by atoms with Gasteiger partial charge in [0.1, 0.15) is 17.7 Å². The minimum absolute atomic E-state index is 0.0840. The molecule has 1 saturated heterocycles. The van der Waals surface area contributed by atoms with Gasteiger partial charge < -0.3 is 10.2 Å². The van der Waals surface area contributed by atoms with Crippen molar-refractivity contribution in [3.05, 3.63) is 70.3 Å². The van der Waals surface area contributed by atoms with Crippen molar-refractivity contribution in [3.63, 3.8) is 0 Å². The molecule has 0 spiro atoms. The summed E-state index contributed by atoms with van der Waals surface area (Å²) in [5, 5.41) is 25.1. The number of carbonyl (C=O) groups is 1. The Kier molecular flexibility index (Phi) is 6.36. The van der Waals surface area contributed by atoms with Crippen molar-refractivity contribution in [3.8, 4) is 6.07 Å². The van der Waals surface area contributed by atoms with Crippen LogP contribution in [0.25, 0.3) is 0 Å². The van der Waals surface area contributed by atoms with Crippen LogP contribution in [0.15, 0.2) is 51.8 Å². The largest absolute Gasteiger partial charge is 0.326 e. The van der Waals surface area contributed by atoms with Crippen molar-refractivity contribution in [1.29, 1.82) is 5.26 Å². The Morgan fingerprint density at radius 1 is 1.17 bits per heavy atom. The summed E-state index contributed by atoms with van der Waals surface area (Å²) in [7, 11) is 0. The lowest BCUT2D eigenvalue weighted by Crippen LogP contribution is -2.69. The molecule has 0 radical (unpaired) electrons. The number of benzene rings is 2. The van der Waals surface area contributed by atoms with Gasteiger partial charge in [0.15, 0.2) is 0 Å². The molecule has 0 saturated carbocycles. The number of fused-ring (bicyclic) bond motifs is 2. The quantitative estimate of drug-likeness (QED) is 0.490. The normalized spacial score (nSPS) is 22.8. The highest BCUT2D eigenvalue weighted by atomic mass is 19.1. The van der Waals surface area contributed by atoms with Crippen LogP contribution >= 0.6 is 0 Å². The van der Waals surface area contributed by atoms with Crippen LogP contribution in [0.4, 0.5) is 8.78 Å². The maximum absolute atomic E-state index is 14.6. The minimum Gasteiger partial charge on any atom is -0.326 e. The number of quaternary nitrogens is 1. The van der Waals surface area contributed by atoms with Gasteiger partial charge in [0.2, 0.25) is 11.7 Å². The molecular formula is C25H26F2N7O+. The van der Waals surface area contributed by atoms with Crippen LogP contribution in [-0.2, 0) is 23.1 Å². The van der Waals surface area contributed by atoms with E-state index in [-0.39, 0.29) is 30.1 Å². The number of halogens is 2. The second-order valence-electron chi connectivity index (χ2n) is 9.09. The number of carbonyl (C=O) groups excluding carboxylic acids is 1. The van der Waals surface area contributed by atoms with E-state index in [0.717, 1.165) is 28.7 Å². The maximum atomic E-state index is 14.6. The number of amides is 1. The molecule has 2 heterocycles. The highest BCUT2D eigenvalue weighted by Gasteiger charge is 2.46. The molecule has 0 bridgehead atoms. The molecule has 3 N–H and O–H groups in total. The Bertz CT molecular complexity index is 1250. The number of nitrogens with one attached hydrogen (secondary N) is 1. The van der Waals surface area contributed by atoms with E-state index in [1.54, 1.807) is 17.0 Å². The number of hydrogen-bond acceptors (Lipinski definition) is 6. The van der Waals surface area contributed by atoms with Crippen molar-refractivity contribution in [2.24, 2.45) is 15.4 Å². The first-order chi connectivity index (χ1) is 17.0. The molecule has 1 aliphatic carbocycles. The topological polar surface area (TPSA) is 110 Å². The van der Waals surface area contributed by atoms with Gasteiger partial charge in [-0.2, -0.15) is 5.26 Å². The van der Waals surface area contributed by atoms with E-state index in [0.29, 0.717) is 44.6 Å². The molecular weight excluding hydrogens is 452 g/mol. The fraction of sp³-hybridized carbons (Fsp3) is 0.400. The van der Waals surface area contributed by atoms with E-state index in [1.165, 1.54) is 29.8 Å². The third-order valence-corrected chi connectivity index (χ3v) is 7.16. The minimum atomic E-state index is -0.966. The van der Waals surface area contributed by atoms with Gasteiger partial charge in [-0.25, -0.2) is 8.78 Å². The fourth-order valence-electron chi connectivity index (χ4n) is 5.54. The van der Waals surface area contributed by atoms with Crippen molar-refractivity contribution in [2.75, 3.05) is 19.6 Å². The zero-order valence-electron chi connectivity index (χ0n) is 19.2. The van der Waals surface area contributed by atoms with Gasteiger partial charge >= 0.3 is 0 Å². The van der Waals surface area contributed by atoms with Crippen LogP contribution in [-0.4, -0.2) is 42.3 Å². The number of aryl methyl sites for hydroxylation is 2. The zero-order valence-corrected chi connectivity index (χ0v) is 19.2. The number of likely N-dealkylation sites (tertiary alicyclic amines) is 1. The SMILES string of the molecule is N#CC1CCCN1C(=O)CNCCC1(C2=N[NH2+]N=N2)c2ccc(F)cc2CCc2ccc(F)cc21. The molecule has 35 heavy (non-hydrogen) atoms. The second kappa shape index (κ2) is 9.60. The van der Waals surface area contributed by atoms with Crippen LogP contribution in [0, 0.1) is 23.0 Å². The number of amidine groups is 1. The van der Waals surface area contributed by atoms with Crippen molar-refractivity contribution < 1.29 is 19.1 Å². The predicted octanol–water partition coefficient (Wildman–Crippen LogP) is 2.10. The van der Waals surface area contributed by atoms with Gasteiger partial charge in [-0.1, -0.05) is 22.8 Å². The number of nitrogens with two attached hydrogens (primary N) is 1. The summed E-state index contributed by atoms with van der Waals surface area (Å²) in [6, 6.07) is 11.2. The molecule has 2 aliphatic heterocycles. The van der Waals surface area contributed by atoms with E-state index in [4.69, 9.17) is 0 Å². The summed E-state index contributed by atoms with van der Waals surface area (Å²) in [5.74, 6) is -0.420. The van der Waals surface area contributed by atoms with Crippen LogP contribution < -0.4 is 10.9 Å². The number of rotatable bonds is 6. The summed E-state index contributed by atoms with van der Waals surface area (Å²) in [6.07, 6.45) is 3.14. The Balaban J connectivity index is 1.49. The van der Waals surface area contributed by atoms with Crippen LogP contribution in [0.5, 0.6) is 0 Å². The van der Waals surface area contributed by atoms with E-state index < -0.39 is 5.41 Å². The van der Waals surface area contributed by atoms with Gasteiger partial charge in [-0.05, 0) is 90.3 Å². The van der Waals surface area contributed by atoms with Gasteiger partial charge in [-0.3, -0.25) is 4.79 Å². The van der Waals surface area contributed by atoms with Gasteiger partial charge in [0, 0.05) is 6.54 Å². The highest BCUT2D eigenvalue weighted by Crippen LogP contribution is 2.44. The fourth-order valence-corrected chi connectivity index (χ4v) is 5.54. The molecule has 10 heteroatoms. The molecule has 1 amide bonds. The molecule has 8 nitrogen and oxygen atoms in total. The zero-order chi connectivity index (χ0) is 24.4. The molecule has 2 unspecified atom stereocenters. The van der Waals surface area contributed by atoms with E-state index in [2.05, 4.69) is 26.8 Å². The summed E-state index contributed by atoms with van der Waals surface area (Å²) in [5.41, 5.74) is 3.69. The van der Waals surface area contributed by atoms with Crippen LogP contribution in [0.1, 0.15) is 41.5 Å². The van der Waals surface area contributed by atoms with Crippen molar-refractivity contribution in [1.82, 2.24) is 10.2 Å². The monoisotopic (exact) mass is 478 g/mol. The average molecular weight is 479 g/mol. The standard InChI is InChI=1S/C25H25F2N7O/c26-18-7-8-21-17(12-18)4-3-16-5-6-19(27)13-22(16)25(21,24-30-32-33-31-24)9-10-29-15-23(35)34-11-1-2-20(34)14-28/h5-8,12-13,20,29H,1-4,9-11,15H2,(H,30,31,32,33)/p+1. The van der Waals surface area contributed by atoms with Crippen LogP contribution in [0.2, 0.25) is 0 Å². The molecule has 180 valence electrons. The Labute approximate surface area is 201 Å². The van der Waals surface area contributed by atoms with Gasteiger partial charge in [-0.15, -0.1) is 0 Å². The van der Waals surface area contributed by atoms with Gasteiger partial charge in [0.05, 0.1) is 23.3 Å². The lowest BCUT2D eigenvalue weighted by atomic mass is 9.69. The maximum Gasteiger partial charge on any atom is 0.237 e. The molecule has 1 fully saturated rings. The first-order valence-electron chi connectivity index (χ1n) is 11.8. The Morgan fingerprint density at radius 3 is 2.77 bits per heavy atom. The lowest BCUT2D eigenvalue weighted by Gasteiger charge is -2.34. The third-order valence-electron chi connectivity index (χ3n) is 7.16. The third kappa shape index (κ3) is 4.22. The lowest BCUT2D eigenvalue weighted by molar-refractivity contribution is -0.668. The molecule has 2 aromatic carbocycles. The Hall–Kier alpha value is -3.55. The number of nitriles is 1. The van der Waals surface area contributed by atoms with Gasteiger partial charge in [0.25, 0.3) is 0 Å². The molecule has 0 aromatic heterocycles. The summed E-state index contributed by atoms with van der Waals surface area (Å²) < 4.78 is 28.8. The van der Waals surface area contributed by atoms with Crippen LogP contribution in [0.3, 0.4) is 0 Å². The second-order valence-corrected chi connectivity index (χ2v) is 9.09. The number of nitrogens with zero attached hydrogens (tertiary/aromatic N) is 5. The van der Waals surface area contributed by atoms with Crippen molar-refractivity contribution >= 4 is 11.7 Å². The Morgan fingerprint density at radius 2 is 1.97 bits per heavy atom. The van der Waals surface area contributed by atoms with E-state index >= 15 is 0 Å². The molecule has 2 atom stereocenters. The molecule has 2 aromatic rings. The molecule has 3 aliphatic rings. The van der Waals surface area contributed by atoms with E-state index in [9.17, 15) is 18.8 Å².